The average Bonchev–Trinajstić information content (AvgIpc) is 3.16. The van der Waals surface area contributed by atoms with Crippen molar-refractivity contribution in [3.05, 3.63) is 0 Å². The molecule has 7 heteroatoms. The molecule has 0 heterocycles. The Kier molecular flexibility index (Phi) is 50.8. The molecule has 0 rings (SSSR count). The van der Waals surface area contributed by atoms with Gasteiger partial charge in [0.25, 0.3) is 0 Å². The van der Waals surface area contributed by atoms with Crippen molar-refractivity contribution in [1.82, 2.24) is 0 Å². The van der Waals surface area contributed by atoms with E-state index in [1.807, 2.05) is 0 Å². The highest BCUT2D eigenvalue weighted by Crippen LogP contribution is 2.16. The first-order valence-corrected chi connectivity index (χ1v) is 24.1. The minimum Gasteiger partial charge on any atom is -0.481 e. The number of hydrogen-bond donors (Lipinski definition) is 3. The van der Waals surface area contributed by atoms with E-state index in [1.165, 1.54) is 205 Å². The van der Waals surface area contributed by atoms with Gasteiger partial charge >= 0.3 is 17.9 Å². The number of esters is 1. The van der Waals surface area contributed by atoms with Crippen LogP contribution in [0.1, 0.15) is 277 Å². The number of carbonyl (C=O) groups excluding carboxylic acids is 1. The van der Waals surface area contributed by atoms with Crippen molar-refractivity contribution in [2.24, 2.45) is 0 Å². The van der Waals surface area contributed by atoms with Gasteiger partial charge in [0.2, 0.25) is 0 Å². The fraction of sp³-hybridized carbons (Fsp3) is 0.938. The van der Waals surface area contributed by atoms with Crippen molar-refractivity contribution in [1.29, 1.82) is 0 Å². The van der Waals surface area contributed by atoms with Gasteiger partial charge in [-0.2, -0.15) is 0 Å². The van der Waals surface area contributed by atoms with E-state index < -0.39 is 11.9 Å². The number of unbranched alkanes of at least 4 members (excludes halogenated alkanes) is 36. The Hall–Kier alpha value is -1.63. The zero-order chi connectivity index (χ0) is 40.6. The Balaban J connectivity index is 0. The highest BCUT2D eigenvalue weighted by molar-refractivity contribution is 5.69. The molecule has 0 unspecified atom stereocenters. The molecule has 0 saturated heterocycles. The van der Waals surface area contributed by atoms with Gasteiger partial charge in [-0.05, 0) is 32.1 Å². The summed E-state index contributed by atoms with van der Waals surface area (Å²) in [5, 5.41) is 25.7. The minimum atomic E-state index is -0.670. The second kappa shape index (κ2) is 50.4. The predicted octanol–water partition coefficient (Wildman–Crippen LogP) is 15.1. The van der Waals surface area contributed by atoms with E-state index in [-0.39, 0.29) is 5.97 Å². The summed E-state index contributed by atoms with van der Waals surface area (Å²) in [4.78, 5) is 32.6. The van der Waals surface area contributed by atoms with Crippen LogP contribution in [-0.2, 0) is 19.1 Å². The van der Waals surface area contributed by atoms with E-state index in [0.717, 1.165) is 44.9 Å². The summed E-state index contributed by atoms with van der Waals surface area (Å²) in [5.41, 5.74) is 0. The molecule has 328 valence electrons. The van der Waals surface area contributed by atoms with E-state index in [1.54, 1.807) is 0 Å². The molecular formula is C48H94O7. The quantitative estimate of drug-likeness (QED) is 0.0415. The van der Waals surface area contributed by atoms with Crippen molar-refractivity contribution in [2.75, 3.05) is 13.2 Å². The fourth-order valence-corrected chi connectivity index (χ4v) is 7.20. The van der Waals surface area contributed by atoms with Crippen LogP contribution in [0.4, 0.5) is 0 Å². The Bertz CT molecular complexity index is 771. The lowest BCUT2D eigenvalue weighted by molar-refractivity contribution is -0.144. The zero-order valence-corrected chi connectivity index (χ0v) is 36.6. The van der Waals surface area contributed by atoms with Gasteiger partial charge in [0.05, 0.1) is 6.61 Å². The monoisotopic (exact) mass is 783 g/mol. The van der Waals surface area contributed by atoms with Crippen LogP contribution in [-0.4, -0.2) is 46.4 Å². The fourth-order valence-electron chi connectivity index (χ4n) is 7.20. The molecule has 0 aliphatic heterocycles. The molecule has 3 N–H and O–H groups in total. The smallest absolute Gasteiger partial charge is 0.305 e. The first-order valence-electron chi connectivity index (χ1n) is 24.1. The molecule has 0 atom stereocenters. The summed E-state index contributed by atoms with van der Waals surface area (Å²) in [6.07, 6.45) is 49.9. The molecule has 0 aromatic carbocycles. The molecule has 0 fully saturated rings. The van der Waals surface area contributed by atoms with E-state index in [0.29, 0.717) is 32.5 Å². The van der Waals surface area contributed by atoms with Gasteiger partial charge < -0.3 is 20.1 Å². The third kappa shape index (κ3) is 56.8. The zero-order valence-electron chi connectivity index (χ0n) is 36.6. The SMILES string of the molecule is CCCCCCCCCCCCCCCC(=O)OCCCCCCCCCCCCCCCC(=O)O.O=C(O)CCCCCCCCCCCCCCCO. The topological polar surface area (TPSA) is 121 Å². The van der Waals surface area contributed by atoms with Gasteiger partial charge in [0.1, 0.15) is 0 Å². The third-order valence-corrected chi connectivity index (χ3v) is 10.8. The van der Waals surface area contributed by atoms with Crippen molar-refractivity contribution in [3.8, 4) is 0 Å². The lowest BCUT2D eigenvalue weighted by Gasteiger charge is -2.06. The Labute approximate surface area is 341 Å². The maximum Gasteiger partial charge on any atom is 0.305 e. The summed E-state index contributed by atoms with van der Waals surface area (Å²) in [6, 6.07) is 0. The summed E-state index contributed by atoms with van der Waals surface area (Å²) in [7, 11) is 0. The van der Waals surface area contributed by atoms with Crippen LogP contribution in [0.5, 0.6) is 0 Å². The minimum absolute atomic E-state index is 0.0000384. The van der Waals surface area contributed by atoms with Gasteiger partial charge in [0, 0.05) is 25.9 Å². The summed E-state index contributed by atoms with van der Waals surface area (Å²) < 4.78 is 5.40. The number of rotatable bonds is 45. The summed E-state index contributed by atoms with van der Waals surface area (Å²) >= 11 is 0. The maximum absolute atomic E-state index is 11.9. The highest BCUT2D eigenvalue weighted by atomic mass is 16.5. The van der Waals surface area contributed by atoms with Gasteiger partial charge in [0.15, 0.2) is 0 Å². The third-order valence-electron chi connectivity index (χ3n) is 10.8. The molecule has 0 spiro atoms. The van der Waals surface area contributed by atoms with E-state index in [4.69, 9.17) is 20.1 Å². The normalized spacial score (nSPS) is 11.0. The second-order valence-electron chi connectivity index (χ2n) is 16.4. The molecule has 0 aliphatic rings. The van der Waals surface area contributed by atoms with Crippen molar-refractivity contribution < 1.29 is 34.4 Å². The van der Waals surface area contributed by atoms with Crippen molar-refractivity contribution in [3.63, 3.8) is 0 Å². The number of carboxylic acids is 2. The first-order chi connectivity index (χ1) is 26.9. The number of carboxylic acid groups (broad SMARTS) is 2. The number of aliphatic carboxylic acids is 2. The van der Waals surface area contributed by atoms with Crippen LogP contribution < -0.4 is 0 Å². The molecule has 0 bridgehead atoms. The highest BCUT2D eigenvalue weighted by Gasteiger charge is 2.03. The Morgan fingerprint density at radius 1 is 0.327 bits per heavy atom. The second-order valence-corrected chi connectivity index (χ2v) is 16.4. The Morgan fingerprint density at radius 3 is 0.836 bits per heavy atom. The molecule has 7 nitrogen and oxygen atoms in total. The maximum atomic E-state index is 11.9. The van der Waals surface area contributed by atoms with Gasteiger partial charge in [-0.1, -0.05) is 225 Å². The number of ether oxygens (including phenoxy) is 1. The summed E-state index contributed by atoms with van der Waals surface area (Å²) in [6.45, 7) is 3.22. The molecule has 0 radical (unpaired) electrons. The summed E-state index contributed by atoms with van der Waals surface area (Å²) in [5.74, 6) is -1.34. The lowest BCUT2D eigenvalue weighted by Crippen LogP contribution is -2.05. The van der Waals surface area contributed by atoms with Crippen LogP contribution in [0.3, 0.4) is 0 Å². The molecule has 55 heavy (non-hydrogen) atoms. The largest absolute Gasteiger partial charge is 0.481 e. The van der Waals surface area contributed by atoms with Crippen molar-refractivity contribution in [2.45, 2.75) is 277 Å². The molecule has 0 aromatic rings. The molecular weight excluding hydrogens is 689 g/mol. The number of aliphatic hydroxyl groups is 1. The van der Waals surface area contributed by atoms with Gasteiger partial charge in [-0.15, -0.1) is 0 Å². The lowest BCUT2D eigenvalue weighted by atomic mass is 10.0. The Morgan fingerprint density at radius 2 is 0.564 bits per heavy atom. The average molecular weight is 783 g/mol. The van der Waals surface area contributed by atoms with Crippen LogP contribution in [0, 0.1) is 0 Å². The van der Waals surface area contributed by atoms with Crippen LogP contribution in [0.25, 0.3) is 0 Å². The van der Waals surface area contributed by atoms with Crippen LogP contribution >= 0.6 is 0 Å². The van der Waals surface area contributed by atoms with Gasteiger partial charge in [-0.25, -0.2) is 0 Å². The van der Waals surface area contributed by atoms with Crippen molar-refractivity contribution >= 4 is 17.9 Å². The number of aliphatic hydroxyl groups excluding tert-OH is 1. The molecule has 0 aliphatic carbocycles. The first kappa shape index (κ1) is 55.5. The molecule has 0 amide bonds. The number of carbonyl (C=O) groups is 3. The molecule has 0 aromatic heterocycles. The van der Waals surface area contributed by atoms with Crippen LogP contribution in [0.15, 0.2) is 0 Å². The van der Waals surface area contributed by atoms with E-state index in [2.05, 4.69) is 6.92 Å². The van der Waals surface area contributed by atoms with E-state index >= 15 is 0 Å². The standard InChI is InChI=1S/C32H62O4.C16H32O3/c1-2-3-4-5-6-7-8-10-14-17-20-23-26-29-32(35)36-30-27-24-21-18-15-12-9-11-13-16-19-22-25-28-31(33)34;17-15-13-11-9-7-5-3-1-2-4-6-8-10-12-14-16(18)19/h2-30H2,1H3,(H,33,34);17H,1-15H2,(H,18,19). The number of hydrogen-bond acceptors (Lipinski definition) is 5. The molecule has 0 saturated carbocycles. The van der Waals surface area contributed by atoms with Crippen LogP contribution in [0.2, 0.25) is 0 Å². The predicted molar refractivity (Wildman–Crippen MR) is 233 cm³/mol. The van der Waals surface area contributed by atoms with E-state index in [9.17, 15) is 14.4 Å². The van der Waals surface area contributed by atoms with Gasteiger partial charge in [-0.3, -0.25) is 14.4 Å².